The van der Waals surface area contributed by atoms with Crippen molar-refractivity contribution in [3.8, 4) is 6.07 Å². The molecule has 0 spiro atoms. The summed E-state index contributed by atoms with van der Waals surface area (Å²) in [7, 11) is 2.11. The second-order valence-electron chi connectivity index (χ2n) is 6.21. The summed E-state index contributed by atoms with van der Waals surface area (Å²) in [5.74, 6) is 0. The van der Waals surface area contributed by atoms with Crippen LogP contribution >= 0.6 is 0 Å². The Hall–Kier alpha value is -2.01. The highest BCUT2D eigenvalue weighted by molar-refractivity contribution is 5.97. The minimum Gasteiger partial charge on any atom is -0.374 e. The van der Waals surface area contributed by atoms with Gasteiger partial charge in [-0.3, -0.25) is 0 Å². The van der Waals surface area contributed by atoms with Gasteiger partial charge in [-0.25, -0.2) is 0 Å². The van der Waals surface area contributed by atoms with Crippen molar-refractivity contribution in [3.63, 3.8) is 0 Å². The van der Waals surface area contributed by atoms with E-state index in [-0.39, 0.29) is 5.41 Å². The molecule has 0 aliphatic rings. The first-order valence-electron chi connectivity index (χ1n) is 6.55. The molecule has 0 unspecified atom stereocenters. The first kappa shape index (κ1) is 13.4. The predicted octanol–water partition coefficient (Wildman–Crippen LogP) is 4.19. The van der Waals surface area contributed by atoms with E-state index in [4.69, 9.17) is 0 Å². The van der Waals surface area contributed by atoms with Gasteiger partial charge in [0, 0.05) is 30.1 Å². The van der Waals surface area contributed by atoms with E-state index in [1.807, 2.05) is 30.3 Å². The Morgan fingerprint density at radius 1 is 1.05 bits per heavy atom. The van der Waals surface area contributed by atoms with Crippen LogP contribution in [0.4, 0.5) is 5.69 Å². The van der Waals surface area contributed by atoms with Crippen LogP contribution in [0.15, 0.2) is 36.4 Å². The van der Waals surface area contributed by atoms with Gasteiger partial charge in [-0.15, -0.1) is 0 Å². The Bertz CT molecular complexity index is 630. The van der Waals surface area contributed by atoms with Crippen LogP contribution in [0, 0.1) is 16.7 Å². The number of nitrogens with zero attached hydrogens (tertiary/aromatic N) is 2. The van der Waals surface area contributed by atoms with Crippen LogP contribution in [0.25, 0.3) is 10.8 Å². The Morgan fingerprint density at radius 2 is 1.68 bits per heavy atom. The van der Waals surface area contributed by atoms with Crippen LogP contribution in [0.1, 0.15) is 26.3 Å². The lowest BCUT2D eigenvalue weighted by molar-refractivity contribution is 0.419. The minimum absolute atomic E-state index is 0.240. The summed E-state index contributed by atoms with van der Waals surface area (Å²) in [4.78, 5) is 2.27. The summed E-state index contributed by atoms with van der Waals surface area (Å²) in [5.41, 5.74) is 2.16. The van der Waals surface area contributed by atoms with E-state index in [0.29, 0.717) is 0 Å². The molecule has 2 heteroatoms. The Labute approximate surface area is 115 Å². The summed E-state index contributed by atoms with van der Waals surface area (Å²) in [6.07, 6.45) is 0. The summed E-state index contributed by atoms with van der Waals surface area (Å²) < 4.78 is 0. The van der Waals surface area contributed by atoms with Gasteiger partial charge in [0.25, 0.3) is 0 Å². The number of benzene rings is 2. The molecule has 0 heterocycles. The Balaban J connectivity index is 2.54. The predicted molar refractivity (Wildman–Crippen MR) is 81.4 cm³/mol. The first-order chi connectivity index (χ1) is 8.92. The van der Waals surface area contributed by atoms with Gasteiger partial charge in [0.05, 0.1) is 11.6 Å². The van der Waals surface area contributed by atoms with Gasteiger partial charge in [0.15, 0.2) is 0 Å². The van der Waals surface area contributed by atoms with Gasteiger partial charge < -0.3 is 4.90 Å². The Morgan fingerprint density at radius 3 is 2.26 bits per heavy atom. The van der Waals surface area contributed by atoms with Crippen molar-refractivity contribution < 1.29 is 0 Å². The van der Waals surface area contributed by atoms with E-state index < -0.39 is 0 Å². The zero-order chi connectivity index (χ0) is 14.0. The molecule has 0 amide bonds. The topological polar surface area (TPSA) is 27.0 Å². The molecular formula is C17H20N2. The molecule has 98 valence electrons. The van der Waals surface area contributed by atoms with Gasteiger partial charge in [0.1, 0.15) is 0 Å². The molecule has 0 fully saturated rings. The maximum absolute atomic E-state index is 9.19. The number of hydrogen-bond acceptors (Lipinski definition) is 2. The first-order valence-corrected chi connectivity index (χ1v) is 6.55. The molecule has 0 saturated heterocycles. The van der Waals surface area contributed by atoms with Crippen molar-refractivity contribution in [1.82, 2.24) is 0 Å². The summed E-state index contributed by atoms with van der Waals surface area (Å²) in [6, 6.07) is 14.3. The molecule has 2 aromatic carbocycles. The lowest BCUT2D eigenvalue weighted by Crippen LogP contribution is -2.29. The standard InChI is InChI=1S/C17H20N2/c1-17(2,3)12-19(4)16-10-9-13(11-18)14-7-5-6-8-15(14)16/h5-10H,12H2,1-4H3. The molecule has 0 aromatic heterocycles. The van der Waals surface area contributed by atoms with Crippen molar-refractivity contribution in [2.24, 2.45) is 5.41 Å². The third-order valence-corrected chi connectivity index (χ3v) is 3.14. The number of anilines is 1. The summed E-state index contributed by atoms with van der Waals surface area (Å²) in [5, 5.41) is 11.4. The Kier molecular flexibility index (Phi) is 3.48. The minimum atomic E-state index is 0.240. The second-order valence-corrected chi connectivity index (χ2v) is 6.21. The lowest BCUT2D eigenvalue weighted by atomic mass is 9.95. The summed E-state index contributed by atoms with van der Waals surface area (Å²) >= 11 is 0. The quantitative estimate of drug-likeness (QED) is 0.801. The van der Waals surface area contributed by atoms with Crippen LogP contribution in [-0.2, 0) is 0 Å². The van der Waals surface area contributed by atoms with Gasteiger partial charge in [-0.2, -0.15) is 5.26 Å². The van der Waals surface area contributed by atoms with Crippen molar-refractivity contribution in [2.45, 2.75) is 20.8 Å². The number of rotatable bonds is 2. The molecule has 0 aliphatic heterocycles. The van der Waals surface area contributed by atoms with Crippen LogP contribution in [0.2, 0.25) is 0 Å². The van der Waals surface area contributed by atoms with Gasteiger partial charge in [-0.1, -0.05) is 45.0 Å². The zero-order valence-electron chi connectivity index (χ0n) is 12.1. The zero-order valence-corrected chi connectivity index (χ0v) is 12.1. The van der Waals surface area contributed by atoms with Crippen LogP contribution in [-0.4, -0.2) is 13.6 Å². The molecule has 0 aliphatic carbocycles. The normalized spacial score (nSPS) is 11.3. The third kappa shape index (κ3) is 2.88. The van der Waals surface area contributed by atoms with E-state index in [2.05, 4.69) is 44.9 Å². The van der Waals surface area contributed by atoms with Crippen LogP contribution < -0.4 is 4.90 Å². The molecule has 2 rings (SSSR count). The van der Waals surface area contributed by atoms with Crippen LogP contribution in [0.5, 0.6) is 0 Å². The highest BCUT2D eigenvalue weighted by Crippen LogP contribution is 2.30. The monoisotopic (exact) mass is 252 g/mol. The molecular weight excluding hydrogens is 232 g/mol. The molecule has 0 N–H and O–H groups in total. The molecule has 0 atom stereocenters. The van der Waals surface area contributed by atoms with E-state index in [9.17, 15) is 5.26 Å². The summed E-state index contributed by atoms with van der Waals surface area (Å²) in [6.45, 7) is 7.67. The van der Waals surface area contributed by atoms with E-state index in [1.54, 1.807) is 0 Å². The SMILES string of the molecule is CN(CC(C)(C)C)c1ccc(C#N)c2ccccc12. The molecule has 2 nitrogen and oxygen atoms in total. The fraction of sp³-hybridized carbons (Fsp3) is 0.353. The molecule has 0 bridgehead atoms. The van der Waals surface area contributed by atoms with Crippen molar-refractivity contribution >= 4 is 16.5 Å². The smallest absolute Gasteiger partial charge is 0.0998 e. The van der Waals surface area contributed by atoms with Crippen LogP contribution in [0.3, 0.4) is 0 Å². The number of nitriles is 1. The number of fused-ring (bicyclic) bond motifs is 1. The van der Waals surface area contributed by atoms with Crippen molar-refractivity contribution in [1.29, 1.82) is 5.26 Å². The fourth-order valence-electron chi connectivity index (χ4n) is 2.51. The van der Waals surface area contributed by atoms with E-state index in [1.165, 1.54) is 5.69 Å². The lowest BCUT2D eigenvalue weighted by Gasteiger charge is -2.29. The van der Waals surface area contributed by atoms with E-state index >= 15 is 0 Å². The average molecular weight is 252 g/mol. The number of hydrogen-bond donors (Lipinski definition) is 0. The highest BCUT2D eigenvalue weighted by Gasteiger charge is 2.16. The maximum atomic E-state index is 9.19. The second kappa shape index (κ2) is 4.93. The molecule has 0 radical (unpaired) electrons. The van der Waals surface area contributed by atoms with Gasteiger partial charge in [0.2, 0.25) is 0 Å². The third-order valence-electron chi connectivity index (χ3n) is 3.14. The largest absolute Gasteiger partial charge is 0.374 e. The van der Waals surface area contributed by atoms with Gasteiger partial charge >= 0.3 is 0 Å². The van der Waals surface area contributed by atoms with Gasteiger partial charge in [-0.05, 0) is 17.5 Å². The highest BCUT2D eigenvalue weighted by atomic mass is 15.1. The molecule has 2 aromatic rings. The molecule has 0 saturated carbocycles. The van der Waals surface area contributed by atoms with Crippen molar-refractivity contribution in [2.75, 3.05) is 18.5 Å². The van der Waals surface area contributed by atoms with Crippen molar-refractivity contribution in [3.05, 3.63) is 42.0 Å². The van der Waals surface area contributed by atoms with E-state index in [0.717, 1.165) is 22.9 Å². The fourth-order valence-corrected chi connectivity index (χ4v) is 2.51. The molecule has 19 heavy (non-hydrogen) atoms. The average Bonchev–Trinajstić information content (AvgIpc) is 2.35. The maximum Gasteiger partial charge on any atom is 0.0998 e.